The van der Waals surface area contributed by atoms with Gasteiger partial charge in [-0.3, -0.25) is 4.90 Å². The molecule has 0 unspecified atom stereocenters. The normalized spacial score (nSPS) is 16.9. The van der Waals surface area contributed by atoms with E-state index in [4.69, 9.17) is 21.7 Å². The van der Waals surface area contributed by atoms with Crippen LogP contribution in [0.4, 0.5) is 0 Å². The molecule has 0 saturated carbocycles. The summed E-state index contributed by atoms with van der Waals surface area (Å²) in [5, 5.41) is 7.26. The fraction of sp³-hybridized carbons (Fsp3) is 0.526. The number of nitrogens with one attached hydrogen (secondary N) is 2. The van der Waals surface area contributed by atoms with E-state index in [1.807, 2.05) is 6.08 Å². The molecule has 1 aromatic rings. The van der Waals surface area contributed by atoms with Crippen molar-refractivity contribution in [3.63, 3.8) is 0 Å². The van der Waals surface area contributed by atoms with Crippen LogP contribution in [0.2, 0.25) is 0 Å². The van der Waals surface area contributed by atoms with E-state index in [-0.39, 0.29) is 6.04 Å². The molecule has 138 valence electrons. The zero-order valence-electron chi connectivity index (χ0n) is 15.6. The molecule has 1 aliphatic heterocycles. The van der Waals surface area contributed by atoms with Crippen LogP contribution < -0.4 is 20.1 Å². The van der Waals surface area contributed by atoms with Crippen molar-refractivity contribution in [3.8, 4) is 11.5 Å². The van der Waals surface area contributed by atoms with Crippen molar-refractivity contribution < 1.29 is 9.47 Å². The molecular weight excluding hydrogens is 334 g/mol. The summed E-state index contributed by atoms with van der Waals surface area (Å²) >= 11 is 5.38. The van der Waals surface area contributed by atoms with Gasteiger partial charge in [0.05, 0.1) is 20.3 Å². The molecule has 2 N–H and O–H groups in total. The maximum atomic E-state index is 5.50. The van der Waals surface area contributed by atoms with Crippen molar-refractivity contribution >= 4 is 17.3 Å². The lowest BCUT2D eigenvalue weighted by Crippen LogP contribution is -2.46. The Bertz CT molecular complexity index is 619. The van der Waals surface area contributed by atoms with Gasteiger partial charge in [0.1, 0.15) is 0 Å². The first-order valence-electron chi connectivity index (χ1n) is 8.64. The second kappa shape index (κ2) is 9.06. The summed E-state index contributed by atoms with van der Waals surface area (Å²) in [6.45, 7) is 10.6. The van der Waals surface area contributed by atoms with E-state index in [9.17, 15) is 0 Å². The van der Waals surface area contributed by atoms with Gasteiger partial charge in [-0.05, 0) is 55.7 Å². The Kier molecular flexibility index (Phi) is 7.08. The molecule has 1 heterocycles. The number of benzene rings is 1. The first kappa shape index (κ1) is 19.5. The maximum absolute atomic E-state index is 5.50. The number of hydrogen-bond donors (Lipinski definition) is 2. The molecule has 1 aliphatic rings. The lowest BCUT2D eigenvalue weighted by atomic mass is 9.91. The van der Waals surface area contributed by atoms with Crippen LogP contribution in [0.15, 0.2) is 24.8 Å². The van der Waals surface area contributed by atoms with Crippen LogP contribution in [-0.2, 0) is 6.42 Å². The Morgan fingerprint density at radius 2 is 2.04 bits per heavy atom. The molecule has 1 atom stereocenters. The molecule has 0 aliphatic carbocycles. The van der Waals surface area contributed by atoms with Gasteiger partial charge in [-0.2, -0.15) is 0 Å². The minimum atomic E-state index is 0.202. The van der Waals surface area contributed by atoms with Crippen LogP contribution in [0.5, 0.6) is 11.5 Å². The number of rotatable bonds is 7. The molecular formula is C19H29N3O2S. The molecule has 6 heteroatoms. The lowest BCUT2D eigenvalue weighted by Gasteiger charge is -2.37. The van der Waals surface area contributed by atoms with Gasteiger partial charge < -0.3 is 20.1 Å². The van der Waals surface area contributed by atoms with Gasteiger partial charge in [0, 0.05) is 25.7 Å². The topological polar surface area (TPSA) is 45.8 Å². The van der Waals surface area contributed by atoms with E-state index in [2.05, 4.69) is 48.1 Å². The molecule has 0 saturated heterocycles. The highest BCUT2D eigenvalue weighted by Gasteiger charge is 2.28. The van der Waals surface area contributed by atoms with E-state index in [1.165, 1.54) is 11.1 Å². The van der Waals surface area contributed by atoms with E-state index in [0.717, 1.165) is 37.6 Å². The Morgan fingerprint density at radius 1 is 1.36 bits per heavy atom. The van der Waals surface area contributed by atoms with Crippen LogP contribution in [0.1, 0.15) is 31.0 Å². The fourth-order valence-corrected chi connectivity index (χ4v) is 3.53. The van der Waals surface area contributed by atoms with Crippen LogP contribution in [0.3, 0.4) is 0 Å². The van der Waals surface area contributed by atoms with Crippen molar-refractivity contribution in [2.24, 2.45) is 0 Å². The number of hydrogen-bond acceptors (Lipinski definition) is 4. The SMILES string of the molecule is C=CCN1CCc2cc(OC)c(OC)cc2[C@@H]1CNC(=S)NC(C)C. The average molecular weight is 364 g/mol. The van der Waals surface area contributed by atoms with Gasteiger partial charge in [-0.25, -0.2) is 0 Å². The minimum Gasteiger partial charge on any atom is -0.493 e. The second-order valence-electron chi connectivity index (χ2n) is 6.46. The highest BCUT2D eigenvalue weighted by molar-refractivity contribution is 7.80. The van der Waals surface area contributed by atoms with Crippen molar-refractivity contribution in [2.75, 3.05) is 33.9 Å². The number of nitrogens with zero attached hydrogens (tertiary/aromatic N) is 1. The predicted octanol–water partition coefficient (Wildman–Crippen LogP) is 2.66. The van der Waals surface area contributed by atoms with Gasteiger partial charge in [0.25, 0.3) is 0 Å². The quantitative estimate of drug-likeness (QED) is 0.574. The molecule has 0 spiro atoms. The third-order valence-electron chi connectivity index (χ3n) is 4.35. The largest absolute Gasteiger partial charge is 0.493 e. The maximum Gasteiger partial charge on any atom is 0.166 e. The standard InChI is InChI=1S/C19H29N3O2S/c1-6-8-22-9-7-14-10-17(23-4)18(24-5)11-15(14)16(22)12-20-19(25)21-13(2)3/h6,10-11,13,16H,1,7-9,12H2,2-5H3,(H2,20,21,25)/t16-/m0/s1. The van der Waals surface area contributed by atoms with Crippen molar-refractivity contribution in [1.82, 2.24) is 15.5 Å². The predicted molar refractivity (Wildman–Crippen MR) is 107 cm³/mol. The summed E-state index contributed by atoms with van der Waals surface area (Å²) in [5.41, 5.74) is 2.55. The van der Waals surface area contributed by atoms with Crippen molar-refractivity contribution in [3.05, 3.63) is 35.9 Å². The van der Waals surface area contributed by atoms with Gasteiger partial charge in [-0.1, -0.05) is 6.08 Å². The minimum absolute atomic E-state index is 0.202. The third-order valence-corrected chi connectivity index (χ3v) is 4.62. The molecule has 5 nitrogen and oxygen atoms in total. The summed E-state index contributed by atoms with van der Waals surface area (Å²) in [5.74, 6) is 1.54. The summed E-state index contributed by atoms with van der Waals surface area (Å²) in [6.07, 6.45) is 2.93. The lowest BCUT2D eigenvalue weighted by molar-refractivity contribution is 0.205. The van der Waals surface area contributed by atoms with Gasteiger partial charge in [0.2, 0.25) is 0 Å². The molecule has 0 bridgehead atoms. The fourth-order valence-electron chi connectivity index (χ4n) is 3.21. The molecule has 0 fully saturated rings. The molecule has 2 rings (SSSR count). The first-order chi connectivity index (χ1) is 12.0. The summed E-state index contributed by atoms with van der Waals surface area (Å²) < 4.78 is 11.0. The second-order valence-corrected chi connectivity index (χ2v) is 6.87. The van der Waals surface area contributed by atoms with E-state index in [0.29, 0.717) is 11.2 Å². The summed E-state index contributed by atoms with van der Waals surface area (Å²) in [6, 6.07) is 4.70. The highest BCUT2D eigenvalue weighted by atomic mass is 32.1. The Labute approximate surface area is 156 Å². The molecule has 0 aromatic heterocycles. The van der Waals surface area contributed by atoms with Crippen molar-refractivity contribution in [2.45, 2.75) is 32.4 Å². The highest BCUT2D eigenvalue weighted by Crippen LogP contribution is 2.37. The van der Waals surface area contributed by atoms with Gasteiger partial charge in [0.15, 0.2) is 16.6 Å². The zero-order valence-corrected chi connectivity index (χ0v) is 16.4. The third kappa shape index (κ3) is 4.86. The van der Waals surface area contributed by atoms with Crippen LogP contribution >= 0.6 is 12.2 Å². The van der Waals surface area contributed by atoms with Gasteiger partial charge in [-0.15, -0.1) is 6.58 Å². The Morgan fingerprint density at radius 3 is 2.64 bits per heavy atom. The van der Waals surface area contributed by atoms with Crippen molar-refractivity contribution in [1.29, 1.82) is 0 Å². The first-order valence-corrected chi connectivity index (χ1v) is 9.05. The summed E-state index contributed by atoms with van der Waals surface area (Å²) in [4.78, 5) is 2.41. The van der Waals surface area contributed by atoms with Gasteiger partial charge >= 0.3 is 0 Å². The molecule has 0 amide bonds. The number of fused-ring (bicyclic) bond motifs is 1. The number of thiocarbonyl (C=S) groups is 1. The van der Waals surface area contributed by atoms with Crippen LogP contribution in [0, 0.1) is 0 Å². The monoisotopic (exact) mass is 363 g/mol. The zero-order chi connectivity index (χ0) is 18.4. The summed E-state index contributed by atoms with van der Waals surface area (Å²) in [7, 11) is 3.34. The van der Waals surface area contributed by atoms with Crippen LogP contribution in [-0.4, -0.2) is 49.9 Å². The Hall–Kier alpha value is -1.79. The average Bonchev–Trinajstić information content (AvgIpc) is 2.59. The number of methoxy groups -OCH3 is 2. The Balaban J connectivity index is 2.27. The molecule has 0 radical (unpaired) electrons. The van der Waals surface area contributed by atoms with E-state index >= 15 is 0 Å². The van der Waals surface area contributed by atoms with E-state index < -0.39 is 0 Å². The smallest absolute Gasteiger partial charge is 0.166 e. The van der Waals surface area contributed by atoms with E-state index in [1.54, 1.807) is 14.2 Å². The van der Waals surface area contributed by atoms with Crippen LogP contribution in [0.25, 0.3) is 0 Å². The molecule has 25 heavy (non-hydrogen) atoms. The molecule has 1 aromatic carbocycles. The number of ether oxygens (including phenoxy) is 2.